The Balaban J connectivity index is 1.43. The normalized spacial score (nSPS) is 29.5. The Hall–Kier alpha value is -0.790. The van der Waals surface area contributed by atoms with Gasteiger partial charge in [-0.3, -0.25) is 19.5 Å². The molecule has 7 heteroatoms. The molecule has 0 saturated carbocycles. The van der Waals surface area contributed by atoms with Crippen molar-refractivity contribution in [2.75, 3.05) is 58.9 Å². The minimum absolute atomic E-state index is 0.0940. The number of hydrogen-bond acceptors (Lipinski definition) is 4. The van der Waals surface area contributed by atoms with Crippen molar-refractivity contribution in [2.45, 2.75) is 58.0 Å². The predicted octanol–water partition coefficient (Wildman–Crippen LogP) is 1.98. The number of amides is 1. The van der Waals surface area contributed by atoms with Gasteiger partial charge in [0.2, 0.25) is 5.91 Å². The third-order valence-electron chi connectivity index (χ3n) is 6.69. The number of piperazine rings is 1. The maximum absolute atomic E-state index is 14.6. The van der Waals surface area contributed by atoms with Crippen LogP contribution in [0.4, 0.5) is 8.78 Å². The van der Waals surface area contributed by atoms with E-state index in [1.807, 2.05) is 35.5 Å². The van der Waals surface area contributed by atoms with Gasteiger partial charge in [0.05, 0.1) is 12.6 Å². The van der Waals surface area contributed by atoms with Gasteiger partial charge in [-0.2, -0.15) is 0 Å². The van der Waals surface area contributed by atoms with E-state index in [0.717, 1.165) is 65.2 Å². The molecule has 2 atom stereocenters. The van der Waals surface area contributed by atoms with Crippen LogP contribution in [-0.4, -0.2) is 102 Å². The highest BCUT2D eigenvalue weighted by Crippen LogP contribution is 2.34. The first kappa shape index (κ1) is 20.9. The van der Waals surface area contributed by atoms with Crippen LogP contribution >= 0.6 is 0 Å². The first-order valence-electron chi connectivity index (χ1n) is 10.7. The zero-order chi connectivity index (χ0) is 19.6. The summed E-state index contributed by atoms with van der Waals surface area (Å²) in [7, 11) is 0. The summed E-state index contributed by atoms with van der Waals surface area (Å²) in [5.41, 5.74) is 0. The summed E-state index contributed by atoms with van der Waals surface area (Å²) in [5.74, 6) is -2.26. The lowest BCUT2D eigenvalue weighted by molar-refractivity contribution is -0.156. The van der Waals surface area contributed by atoms with Gasteiger partial charge in [0.25, 0.3) is 5.92 Å². The SMILES string of the molecule is CCCN1CCC(N2CC(N3CCN(C(=O)C(C)CC)CC3)C2)C(F)(F)C1. The molecule has 0 aromatic carbocycles. The monoisotopic (exact) mass is 386 g/mol. The molecular weight excluding hydrogens is 350 g/mol. The van der Waals surface area contributed by atoms with E-state index in [9.17, 15) is 13.6 Å². The summed E-state index contributed by atoms with van der Waals surface area (Å²) in [4.78, 5) is 20.6. The Morgan fingerprint density at radius 2 is 1.74 bits per heavy atom. The second-order valence-electron chi connectivity index (χ2n) is 8.62. The molecule has 2 unspecified atom stereocenters. The zero-order valence-corrected chi connectivity index (χ0v) is 17.2. The first-order valence-corrected chi connectivity index (χ1v) is 10.7. The van der Waals surface area contributed by atoms with E-state index in [1.54, 1.807) is 0 Å². The molecular formula is C20H36F2N4O. The quantitative estimate of drug-likeness (QED) is 0.698. The average molecular weight is 387 g/mol. The second-order valence-corrected chi connectivity index (χ2v) is 8.62. The molecule has 156 valence electrons. The van der Waals surface area contributed by atoms with Crippen LogP contribution in [-0.2, 0) is 4.79 Å². The zero-order valence-electron chi connectivity index (χ0n) is 17.2. The van der Waals surface area contributed by atoms with Crippen molar-refractivity contribution >= 4 is 5.91 Å². The number of alkyl halides is 2. The average Bonchev–Trinajstić information content (AvgIpc) is 2.61. The fraction of sp³-hybridized carbons (Fsp3) is 0.950. The number of likely N-dealkylation sites (tertiary alicyclic amines) is 2. The molecule has 3 heterocycles. The van der Waals surface area contributed by atoms with Crippen molar-refractivity contribution in [3.8, 4) is 0 Å². The molecule has 3 aliphatic rings. The molecule has 0 aliphatic carbocycles. The topological polar surface area (TPSA) is 30.0 Å². The van der Waals surface area contributed by atoms with Gasteiger partial charge in [0.15, 0.2) is 0 Å². The summed E-state index contributed by atoms with van der Waals surface area (Å²) in [6.45, 7) is 12.3. The number of halogens is 2. The van der Waals surface area contributed by atoms with Crippen LogP contribution in [0.15, 0.2) is 0 Å². The molecule has 0 aromatic heterocycles. The minimum Gasteiger partial charge on any atom is -0.340 e. The Kier molecular flexibility index (Phi) is 6.75. The Morgan fingerprint density at radius 1 is 1.07 bits per heavy atom. The minimum atomic E-state index is -2.61. The van der Waals surface area contributed by atoms with Crippen LogP contribution in [0.5, 0.6) is 0 Å². The standard InChI is InChI=1S/C20H36F2N4O/c1-4-7-23-8-6-18(20(21,22)15-23)26-13-17(14-26)24-9-11-25(12-10-24)19(27)16(3)5-2/h16-18H,4-15H2,1-3H3. The Labute approximate surface area is 162 Å². The number of hydrogen-bond donors (Lipinski definition) is 0. The second kappa shape index (κ2) is 8.70. The molecule has 0 N–H and O–H groups in total. The van der Waals surface area contributed by atoms with Crippen molar-refractivity contribution in [3.05, 3.63) is 0 Å². The molecule has 3 saturated heterocycles. The predicted molar refractivity (Wildman–Crippen MR) is 103 cm³/mol. The molecule has 0 aromatic rings. The van der Waals surface area contributed by atoms with Crippen LogP contribution in [0.3, 0.4) is 0 Å². The van der Waals surface area contributed by atoms with Crippen LogP contribution in [0.2, 0.25) is 0 Å². The molecule has 3 fully saturated rings. The number of rotatable bonds is 6. The highest BCUT2D eigenvalue weighted by atomic mass is 19.3. The Bertz CT molecular complexity index is 504. The van der Waals surface area contributed by atoms with Crippen LogP contribution in [0.25, 0.3) is 0 Å². The van der Waals surface area contributed by atoms with E-state index in [2.05, 4.69) is 4.90 Å². The summed E-state index contributed by atoms with van der Waals surface area (Å²) < 4.78 is 29.2. The third-order valence-corrected chi connectivity index (χ3v) is 6.69. The fourth-order valence-corrected chi connectivity index (χ4v) is 4.72. The number of piperidine rings is 1. The molecule has 0 bridgehead atoms. The van der Waals surface area contributed by atoms with Gasteiger partial charge in [-0.1, -0.05) is 20.8 Å². The smallest absolute Gasteiger partial charge is 0.275 e. The molecule has 27 heavy (non-hydrogen) atoms. The lowest BCUT2D eigenvalue weighted by atomic mass is 9.93. The molecule has 3 aliphatic heterocycles. The van der Waals surface area contributed by atoms with Crippen molar-refractivity contribution in [2.24, 2.45) is 5.92 Å². The van der Waals surface area contributed by atoms with Gasteiger partial charge in [0.1, 0.15) is 0 Å². The van der Waals surface area contributed by atoms with Gasteiger partial charge in [-0.25, -0.2) is 8.78 Å². The van der Waals surface area contributed by atoms with Gasteiger partial charge in [-0.05, 0) is 25.8 Å². The van der Waals surface area contributed by atoms with E-state index in [4.69, 9.17) is 0 Å². The van der Waals surface area contributed by atoms with Gasteiger partial charge in [-0.15, -0.1) is 0 Å². The largest absolute Gasteiger partial charge is 0.340 e. The number of carbonyl (C=O) groups is 1. The van der Waals surface area contributed by atoms with Crippen molar-refractivity contribution in [1.29, 1.82) is 0 Å². The van der Waals surface area contributed by atoms with Crippen molar-refractivity contribution in [1.82, 2.24) is 19.6 Å². The maximum atomic E-state index is 14.6. The highest BCUT2D eigenvalue weighted by Gasteiger charge is 2.50. The van der Waals surface area contributed by atoms with Crippen molar-refractivity contribution in [3.63, 3.8) is 0 Å². The summed E-state index contributed by atoms with van der Waals surface area (Å²) in [5, 5.41) is 0. The fourth-order valence-electron chi connectivity index (χ4n) is 4.72. The van der Waals surface area contributed by atoms with Crippen LogP contribution < -0.4 is 0 Å². The van der Waals surface area contributed by atoms with Gasteiger partial charge >= 0.3 is 0 Å². The molecule has 5 nitrogen and oxygen atoms in total. The molecule has 0 spiro atoms. The Morgan fingerprint density at radius 3 is 2.30 bits per heavy atom. The maximum Gasteiger partial charge on any atom is 0.275 e. The summed E-state index contributed by atoms with van der Waals surface area (Å²) >= 11 is 0. The number of nitrogens with zero attached hydrogens (tertiary/aromatic N) is 4. The first-order chi connectivity index (χ1) is 12.9. The molecule has 1 amide bonds. The third kappa shape index (κ3) is 4.62. The van der Waals surface area contributed by atoms with Crippen LogP contribution in [0, 0.1) is 5.92 Å². The lowest BCUT2D eigenvalue weighted by Gasteiger charge is -2.53. The molecule has 0 radical (unpaired) electrons. The van der Waals surface area contributed by atoms with Crippen molar-refractivity contribution < 1.29 is 13.6 Å². The van der Waals surface area contributed by atoms with Gasteiger partial charge in [0, 0.05) is 57.8 Å². The van der Waals surface area contributed by atoms with E-state index >= 15 is 0 Å². The number of carbonyl (C=O) groups excluding carboxylic acids is 1. The van der Waals surface area contributed by atoms with E-state index in [1.165, 1.54) is 0 Å². The van der Waals surface area contributed by atoms with Crippen LogP contribution in [0.1, 0.15) is 40.0 Å². The summed E-state index contributed by atoms with van der Waals surface area (Å²) in [6, 6.07) is -0.231. The van der Waals surface area contributed by atoms with E-state index in [-0.39, 0.29) is 18.4 Å². The lowest BCUT2D eigenvalue weighted by Crippen LogP contribution is -2.69. The van der Waals surface area contributed by atoms with E-state index in [0.29, 0.717) is 12.5 Å². The summed E-state index contributed by atoms with van der Waals surface area (Å²) in [6.07, 6.45) is 2.37. The highest BCUT2D eigenvalue weighted by molar-refractivity contribution is 5.78. The van der Waals surface area contributed by atoms with Gasteiger partial charge < -0.3 is 4.90 Å². The van der Waals surface area contributed by atoms with E-state index < -0.39 is 12.0 Å². The molecule has 3 rings (SSSR count).